The van der Waals surface area contributed by atoms with E-state index in [0.29, 0.717) is 0 Å². The molecule has 0 aliphatic carbocycles. The molecule has 0 aliphatic heterocycles. The van der Waals surface area contributed by atoms with Crippen LogP contribution in [0.15, 0.2) is 54.7 Å². The minimum absolute atomic E-state index is 0.754. The second-order valence-electron chi connectivity index (χ2n) is 4.84. The minimum Gasteiger partial charge on any atom is -0.496 e. The van der Waals surface area contributed by atoms with Gasteiger partial charge in [0.15, 0.2) is 0 Å². The summed E-state index contributed by atoms with van der Waals surface area (Å²) < 4.78 is 7.61. The molecule has 2 aromatic carbocycles. The number of ether oxygens (including phenoxy) is 1. The first-order valence-electron chi connectivity index (χ1n) is 6.89. The van der Waals surface area contributed by atoms with Gasteiger partial charge in [-0.2, -0.15) is 0 Å². The van der Waals surface area contributed by atoms with Gasteiger partial charge in [0.2, 0.25) is 0 Å². The van der Waals surface area contributed by atoms with E-state index in [2.05, 4.69) is 28.2 Å². The Morgan fingerprint density at radius 1 is 1.10 bits per heavy atom. The molecule has 4 heteroatoms. The third-order valence-electron chi connectivity index (χ3n) is 3.52. The standard InChI is InChI=1S/C17H17ClN2O/c1-21-17-4-2-3-16-15(17)9-11-20(16)12-10-19-14-7-5-13(18)6-8-14/h2-9,11,19H,10,12H2,1H3. The number of hydrogen-bond donors (Lipinski definition) is 1. The largest absolute Gasteiger partial charge is 0.496 e. The van der Waals surface area contributed by atoms with Crippen LogP contribution in [0.1, 0.15) is 0 Å². The molecule has 108 valence electrons. The van der Waals surface area contributed by atoms with E-state index in [0.717, 1.165) is 34.9 Å². The summed E-state index contributed by atoms with van der Waals surface area (Å²) in [7, 11) is 1.70. The maximum Gasteiger partial charge on any atom is 0.128 e. The van der Waals surface area contributed by atoms with Crippen molar-refractivity contribution in [2.75, 3.05) is 19.0 Å². The van der Waals surface area contributed by atoms with Gasteiger partial charge in [-0.1, -0.05) is 17.7 Å². The number of fused-ring (bicyclic) bond motifs is 1. The third-order valence-corrected chi connectivity index (χ3v) is 3.77. The fraction of sp³-hybridized carbons (Fsp3) is 0.176. The molecule has 0 fully saturated rings. The van der Waals surface area contributed by atoms with Crippen molar-refractivity contribution in [2.24, 2.45) is 0 Å². The highest BCUT2D eigenvalue weighted by molar-refractivity contribution is 6.30. The first-order chi connectivity index (χ1) is 10.3. The van der Waals surface area contributed by atoms with E-state index in [1.807, 2.05) is 36.4 Å². The molecule has 1 N–H and O–H groups in total. The summed E-state index contributed by atoms with van der Waals surface area (Å²) >= 11 is 5.88. The average molecular weight is 301 g/mol. The summed E-state index contributed by atoms with van der Waals surface area (Å²) in [6.07, 6.45) is 2.09. The van der Waals surface area contributed by atoms with Crippen molar-refractivity contribution in [2.45, 2.75) is 6.54 Å². The fourth-order valence-electron chi connectivity index (χ4n) is 2.46. The number of methoxy groups -OCH3 is 1. The van der Waals surface area contributed by atoms with E-state index in [-0.39, 0.29) is 0 Å². The third kappa shape index (κ3) is 2.98. The number of benzene rings is 2. The zero-order valence-corrected chi connectivity index (χ0v) is 12.6. The molecule has 3 nitrogen and oxygen atoms in total. The number of nitrogens with zero attached hydrogens (tertiary/aromatic N) is 1. The van der Waals surface area contributed by atoms with Crippen molar-refractivity contribution in [3.8, 4) is 5.75 Å². The van der Waals surface area contributed by atoms with Gasteiger partial charge < -0.3 is 14.6 Å². The summed E-state index contributed by atoms with van der Waals surface area (Å²) in [6, 6.07) is 16.0. The summed E-state index contributed by atoms with van der Waals surface area (Å²) in [6.45, 7) is 1.74. The number of halogens is 1. The van der Waals surface area contributed by atoms with Crippen LogP contribution in [0, 0.1) is 0 Å². The molecule has 1 aromatic heterocycles. The topological polar surface area (TPSA) is 26.2 Å². The van der Waals surface area contributed by atoms with Gasteiger partial charge in [-0.25, -0.2) is 0 Å². The van der Waals surface area contributed by atoms with Gasteiger partial charge >= 0.3 is 0 Å². The van der Waals surface area contributed by atoms with Gasteiger partial charge in [0, 0.05) is 35.4 Å². The molecule has 0 radical (unpaired) electrons. The van der Waals surface area contributed by atoms with Crippen LogP contribution in [0.3, 0.4) is 0 Å². The molecule has 0 spiro atoms. The van der Waals surface area contributed by atoms with Crippen molar-refractivity contribution >= 4 is 28.2 Å². The highest BCUT2D eigenvalue weighted by Gasteiger charge is 2.05. The Balaban J connectivity index is 1.69. The predicted octanol–water partition coefficient (Wildman–Crippen LogP) is 4.42. The monoisotopic (exact) mass is 300 g/mol. The molecule has 0 atom stereocenters. The summed E-state index contributed by atoms with van der Waals surface area (Å²) in [5, 5.41) is 5.29. The Bertz CT molecular complexity index is 734. The van der Waals surface area contributed by atoms with Crippen LogP contribution in [-0.4, -0.2) is 18.2 Å². The molecule has 0 bridgehead atoms. The average Bonchev–Trinajstić information content (AvgIpc) is 2.92. The van der Waals surface area contributed by atoms with E-state index in [1.165, 1.54) is 5.52 Å². The van der Waals surface area contributed by atoms with Crippen molar-refractivity contribution < 1.29 is 4.74 Å². The second-order valence-corrected chi connectivity index (χ2v) is 5.27. The van der Waals surface area contributed by atoms with E-state index < -0.39 is 0 Å². The Morgan fingerprint density at radius 3 is 2.67 bits per heavy atom. The number of rotatable bonds is 5. The van der Waals surface area contributed by atoms with Gasteiger partial charge in [0.25, 0.3) is 0 Å². The molecule has 21 heavy (non-hydrogen) atoms. The van der Waals surface area contributed by atoms with E-state index in [1.54, 1.807) is 7.11 Å². The second kappa shape index (κ2) is 6.10. The fourth-order valence-corrected chi connectivity index (χ4v) is 2.58. The summed E-state index contributed by atoms with van der Waals surface area (Å²) in [5.74, 6) is 0.914. The zero-order chi connectivity index (χ0) is 14.7. The molecule has 0 amide bonds. The van der Waals surface area contributed by atoms with Gasteiger partial charge in [0.1, 0.15) is 5.75 Å². The number of anilines is 1. The van der Waals surface area contributed by atoms with Gasteiger partial charge in [0.05, 0.1) is 12.6 Å². The SMILES string of the molecule is COc1cccc2c1ccn2CCNc1ccc(Cl)cc1. The molecule has 0 saturated heterocycles. The normalized spacial score (nSPS) is 10.8. The molecule has 3 aromatic rings. The maximum atomic E-state index is 5.88. The molecular formula is C17H17ClN2O. The van der Waals surface area contributed by atoms with Crippen LogP contribution in [0.5, 0.6) is 5.75 Å². The first kappa shape index (κ1) is 13.8. The van der Waals surface area contributed by atoms with Crippen LogP contribution in [0.25, 0.3) is 10.9 Å². The number of nitrogens with one attached hydrogen (secondary N) is 1. The zero-order valence-electron chi connectivity index (χ0n) is 11.8. The van der Waals surface area contributed by atoms with Crippen molar-refractivity contribution in [1.82, 2.24) is 4.57 Å². The Morgan fingerprint density at radius 2 is 1.90 bits per heavy atom. The summed E-state index contributed by atoms with van der Waals surface area (Å²) in [4.78, 5) is 0. The quantitative estimate of drug-likeness (QED) is 0.755. The van der Waals surface area contributed by atoms with Crippen molar-refractivity contribution in [3.05, 3.63) is 59.8 Å². The van der Waals surface area contributed by atoms with E-state index in [9.17, 15) is 0 Å². The minimum atomic E-state index is 0.754. The predicted molar refractivity (Wildman–Crippen MR) is 88.4 cm³/mol. The van der Waals surface area contributed by atoms with Crippen LogP contribution in [-0.2, 0) is 6.54 Å². The molecule has 0 unspecified atom stereocenters. The highest BCUT2D eigenvalue weighted by atomic mass is 35.5. The van der Waals surface area contributed by atoms with Gasteiger partial charge in [-0.3, -0.25) is 0 Å². The van der Waals surface area contributed by atoms with Gasteiger partial charge in [-0.05, 0) is 42.5 Å². The van der Waals surface area contributed by atoms with Crippen molar-refractivity contribution in [1.29, 1.82) is 0 Å². The lowest BCUT2D eigenvalue weighted by Gasteiger charge is -2.09. The van der Waals surface area contributed by atoms with Crippen LogP contribution in [0.2, 0.25) is 5.02 Å². The van der Waals surface area contributed by atoms with Crippen molar-refractivity contribution in [3.63, 3.8) is 0 Å². The van der Waals surface area contributed by atoms with E-state index >= 15 is 0 Å². The lowest BCUT2D eigenvalue weighted by atomic mass is 10.2. The smallest absolute Gasteiger partial charge is 0.128 e. The van der Waals surface area contributed by atoms with Crippen LogP contribution < -0.4 is 10.1 Å². The van der Waals surface area contributed by atoms with Gasteiger partial charge in [-0.15, -0.1) is 0 Å². The highest BCUT2D eigenvalue weighted by Crippen LogP contribution is 2.26. The Kier molecular flexibility index (Phi) is 4.02. The maximum absolute atomic E-state index is 5.88. The van der Waals surface area contributed by atoms with E-state index in [4.69, 9.17) is 16.3 Å². The number of aromatic nitrogens is 1. The molecule has 0 saturated carbocycles. The molecule has 0 aliphatic rings. The number of hydrogen-bond acceptors (Lipinski definition) is 2. The summed E-state index contributed by atoms with van der Waals surface area (Å²) in [5.41, 5.74) is 2.26. The van der Waals surface area contributed by atoms with Crippen LogP contribution >= 0.6 is 11.6 Å². The lowest BCUT2D eigenvalue weighted by Crippen LogP contribution is -2.09. The molecular weight excluding hydrogens is 284 g/mol. The molecule has 1 heterocycles. The lowest BCUT2D eigenvalue weighted by molar-refractivity contribution is 0.420. The molecule has 3 rings (SSSR count). The van der Waals surface area contributed by atoms with Crippen LogP contribution in [0.4, 0.5) is 5.69 Å². The Hall–Kier alpha value is -2.13. The Labute approximate surface area is 129 Å². The first-order valence-corrected chi connectivity index (χ1v) is 7.27.